The monoisotopic (exact) mass is 422 g/mol. The second-order valence-electron chi connectivity index (χ2n) is 6.84. The summed E-state index contributed by atoms with van der Waals surface area (Å²) in [6.45, 7) is 5.54. The smallest absolute Gasteiger partial charge is 0.247 e. The molecule has 0 fully saturated rings. The Morgan fingerprint density at radius 1 is 1.23 bits per heavy atom. The maximum absolute atomic E-state index is 12.8. The molecule has 8 heteroatoms. The van der Waals surface area contributed by atoms with Crippen molar-refractivity contribution in [3.05, 3.63) is 53.6 Å². The van der Waals surface area contributed by atoms with E-state index in [0.717, 1.165) is 22.4 Å². The van der Waals surface area contributed by atoms with Gasteiger partial charge in [0.25, 0.3) is 0 Å². The summed E-state index contributed by atoms with van der Waals surface area (Å²) < 4.78 is 11.7. The number of anilines is 1. The molecule has 0 radical (unpaired) electrons. The van der Waals surface area contributed by atoms with Gasteiger partial charge < -0.3 is 9.47 Å². The van der Waals surface area contributed by atoms with Gasteiger partial charge in [0.1, 0.15) is 5.75 Å². The van der Waals surface area contributed by atoms with E-state index in [0.29, 0.717) is 28.2 Å². The van der Waals surface area contributed by atoms with Gasteiger partial charge in [-0.05, 0) is 36.9 Å². The van der Waals surface area contributed by atoms with E-state index in [1.165, 1.54) is 18.7 Å². The Morgan fingerprint density at radius 3 is 2.80 bits per heavy atom. The molecule has 1 aliphatic rings. The molecule has 0 saturated heterocycles. The SMILES string of the molecule is CCSc1nnc2c(n1)O[C@H](c1cccc(OC)c1)N(C(C)=O)c1ccc(C)cc1-2. The zero-order valence-corrected chi connectivity index (χ0v) is 18.1. The first kappa shape index (κ1) is 20.2. The van der Waals surface area contributed by atoms with E-state index < -0.39 is 6.23 Å². The fourth-order valence-corrected chi connectivity index (χ4v) is 3.92. The number of methoxy groups -OCH3 is 1. The number of rotatable bonds is 4. The molecule has 0 saturated carbocycles. The standard InChI is InChI=1S/C22H22N4O3S/c1-5-30-22-23-20-19(24-25-22)17-11-13(2)9-10-18(17)26(14(3)27)21(29-20)15-7-6-8-16(12-15)28-4/h6-12,21H,5H2,1-4H3/t21-/m1/s1. The number of benzene rings is 2. The van der Waals surface area contributed by atoms with Crippen molar-refractivity contribution < 1.29 is 14.3 Å². The topological polar surface area (TPSA) is 77.4 Å². The van der Waals surface area contributed by atoms with Crippen LogP contribution in [-0.2, 0) is 4.79 Å². The highest BCUT2D eigenvalue weighted by Gasteiger charge is 2.34. The third kappa shape index (κ3) is 3.70. The van der Waals surface area contributed by atoms with E-state index in [4.69, 9.17) is 9.47 Å². The van der Waals surface area contributed by atoms with E-state index in [1.807, 2.05) is 56.3 Å². The summed E-state index contributed by atoms with van der Waals surface area (Å²) >= 11 is 1.48. The lowest BCUT2D eigenvalue weighted by molar-refractivity contribution is -0.118. The molecular weight excluding hydrogens is 400 g/mol. The van der Waals surface area contributed by atoms with E-state index in [1.54, 1.807) is 12.0 Å². The van der Waals surface area contributed by atoms with Gasteiger partial charge in [0, 0.05) is 18.1 Å². The number of thioether (sulfide) groups is 1. The molecule has 4 rings (SSSR count). The molecule has 30 heavy (non-hydrogen) atoms. The van der Waals surface area contributed by atoms with Crippen LogP contribution in [0.1, 0.15) is 31.2 Å². The molecule has 7 nitrogen and oxygen atoms in total. The Kier molecular flexibility index (Phi) is 5.59. The molecule has 0 bridgehead atoms. The molecule has 1 aliphatic heterocycles. The van der Waals surface area contributed by atoms with Crippen LogP contribution in [-0.4, -0.2) is 34.0 Å². The van der Waals surface area contributed by atoms with Crippen LogP contribution < -0.4 is 14.4 Å². The normalized spacial score (nSPS) is 14.9. The highest BCUT2D eigenvalue weighted by molar-refractivity contribution is 7.99. The predicted octanol–water partition coefficient (Wildman–Crippen LogP) is 4.41. The van der Waals surface area contributed by atoms with Crippen molar-refractivity contribution in [1.82, 2.24) is 15.2 Å². The van der Waals surface area contributed by atoms with E-state index >= 15 is 0 Å². The molecule has 1 aromatic heterocycles. The Hall–Kier alpha value is -3.13. The lowest BCUT2D eigenvalue weighted by Gasteiger charge is -2.30. The van der Waals surface area contributed by atoms with Crippen LogP contribution in [0, 0.1) is 6.92 Å². The lowest BCUT2D eigenvalue weighted by atomic mass is 10.0. The first-order chi connectivity index (χ1) is 14.5. The largest absolute Gasteiger partial charge is 0.497 e. The predicted molar refractivity (Wildman–Crippen MR) is 116 cm³/mol. The fraction of sp³-hybridized carbons (Fsp3) is 0.273. The summed E-state index contributed by atoms with van der Waals surface area (Å²) in [4.78, 5) is 19.0. The molecule has 154 valence electrons. The molecule has 2 heterocycles. The Balaban J connectivity index is 1.96. The van der Waals surface area contributed by atoms with Crippen LogP contribution in [0.25, 0.3) is 11.3 Å². The van der Waals surface area contributed by atoms with Gasteiger partial charge >= 0.3 is 0 Å². The highest BCUT2D eigenvalue weighted by atomic mass is 32.2. The average Bonchev–Trinajstić information content (AvgIpc) is 2.88. The molecular formula is C22H22N4O3S. The van der Waals surface area contributed by atoms with Crippen LogP contribution in [0.2, 0.25) is 0 Å². The van der Waals surface area contributed by atoms with Crippen molar-refractivity contribution in [2.24, 2.45) is 0 Å². The maximum atomic E-state index is 12.8. The molecule has 3 aromatic rings. The van der Waals surface area contributed by atoms with Crippen LogP contribution in [0.15, 0.2) is 47.6 Å². The number of amides is 1. The molecule has 0 N–H and O–H groups in total. The number of hydrogen-bond donors (Lipinski definition) is 0. The molecule has 0 aliphatic carbocycles. The Labute approximate surface area is 179 Å². The first-order valence-electron chi connectivity index (χ1n) is 9.60. The molecule has 0 unspecified atom stereocenters. The summed E-state index contributed by atoms with van der Waals surface area (Å²) in [6, 6.07) is 13.3. The third-order valence-corrected chi connectivity index (χ3v) is 5.47. The van der Waals surface area contributed by atoms with E-state index in [2.05, 4.69) is 15.2 Å². The van der Waals surface area contributed by atoms with Gasteiger partial charge in [-0.25, -0.2) is 0 Å². The summed E-state index contributed by atoms with van der Waals surface area (Å²) in [5.41, 5.74) is 3.79. The molecule has 1 amide bonds. The van der Waals surface area contributed by atoms with Gasteiger partial charge in [0.2, 0.25) is 23.2 Å². The van der Waals surface area contributed by atoms with Crippen molar-refractivity contribution >= 4 is 23.4 Å². The van der Waals surface area contributed by atoms with Crippen LogP contribution in [0.5, 0.6) is 11.6 Å². The number of fused-ring (bicyclic) bond motifs is 3. The molecule has 2 aromatic carbocycles. The lowest BCUT2D eigenvalue weighted by Crippen LogP contribution is -2.36. The Morgan fingerprint density at radius 2 is 2.07 bits per heavy atom. The van der Waals surface area contributed by atoms with Gasteiger partial charge in [0.15, 0.2) is 5.69 Å². The fourth-order valence-electron chi connectivity index (χ4n) is 3.42. The van der Waals surface area contributed by atoms with Crippen LogP contribution in [0.4, 0.5) is 5.69 Å². The number of nitrogens with zero attached hydrogens (tertiary/aromatic N) is 4. The summed E-state index contributed by atoms with van der Waals surface area (Å²) in [6.07, 6.45) is -0.725. The van der Waals surface area contributed by atoms with Gasteiger partial charge in [0.05, 0.1) is 12.8 Å². The number of hydrogen-bond acceptors (Lipinski definition) is 7. The van der Waals surface area contributed by atoms with Gasteiger partial charge in [-0.1, -0.05) is 42.4 Å². The zero-order chi connectivity index (χ0) is 21.3. The average molecular weight is 423 g/mol. The number of carbonyl (C=O) groups excluding carboxylic acids is 1. The van der Waals surface area contributed by atoms with Crippen molar-refractivity contribution in [2.75, 3.05) is 17.8 Å². The second-order valence-corrected chi connectivity index (χ2v) is 8.07. The number of ether oxygens (including phenoxy) is 2. The van der Waals surface area contributed by atoms with Crippen molar-refractivity contribution in [3.63, 3.8) is 0 Å². The van der Waals surface area contributed by atoms with Crippen molar-refractivity contribution in [2.45, 2.75) is 32.2 Å². The molecule has 0 spiro atoms. The van der Waals surface area contributed by atoms with E-state index in [9.17, 15) is 4.79 Å². The summed E-state index contributed by atoms with van der Waals surface area (Å²) in [7, 11) is 1.61. The first-order valence-corrected chi connectivity index (χ1v) is 10.6. The minimum absolute atomic E-state index is 0.156. The number of aromatic nitrogens is 3. The van der Waals surface area contributed by atoms with E-state index in [-0.39, 0.29) is 5.91 Å². The maximum Gasteiger partial charge on any atom is 0.247 e. The minimum atomic E-state index is -0.725. The Bertz CT molecular complexity index is 1110. The van der Waals surface area contributed by atoms with Gasteiger partial charge in [-0.2, -0.15) is 4.98 Å². The van der Waals surface area contributed by atoms with Gasteiger partial charge in [-0.3, -0.25) is 9.69 Å². The highest BCUT2D eigenvalue weighted by Crippen LogP contribution is 2.44. The summed E-state index contributed by atoms with van der Waals surface area (Å²) in [5.74, 6) is 1.69. The zero-order valence-electron chi connectivity index (χ0n) is 17.2. The second kappa shape index (κ2) is 8.31. The number of aryl methyl sites for hydroxylation is 1. The molecule has 1 atom stereocenters. The van der Waals surface area contributed by atoms with Gasteiger partial charge in [-0.15, -0.1) is 10.2 Å². The quantitative estimate of drug-likeness (QED) is 0.576. The summed E-state index contributed by atoms with van der Waals surface area (Å²) in [5, 5.41) is 9.19. The number of carbonyl (C=O) groups is 1. The van der Waals surface area contributed by atoms with Crippen LogP contribution >= 0.6 is 11.8 Å². The minimum Gasteiger partial charge on any atom is -0.497 e. The van der Waals surface area contributed by atoms with Crippen LogP contribution in [0.3, 0.4) is 0 Å². The van der Waals surface area contributed by atoms with Crippen molar-refractivity contribution in [1.29, 1.82) is 0 Å². The van der Waals surface area contributed by atoms with Crippen molar-refractivity contribution in [3.8, 4) is 22.9 Å². The third-order valence-electron chi connectivity index (χ3n) is 4.75.